The fraction of sp³-hybridized carbons (Fsp3) is 0.800. The van der Waals surface area contributed by atoms with Crippen LogP contribution in [0.15, 0.2) is 35.6 Å². The van der Waals surface area contributed by atoms with Gasteiger partial charge in [0.25, 0.3) is 0 Å². The summed E-state index contributed by atoms with van der Waals surface area (Å²) in [6.45, 7) is 30.1. The molecule has 5 heteroatoms. The van der Waals surface area contributed by atoms with Gasteiger partial charge >= 0.3 is 5.97 Å². The molecule has 3 aliphatic rings. The van der Waals surface area contributed by atoms with Crippen molar-refractivity contribution < 1.29 is 9.90 Å². The molecule has 0 spiro atoms. The lowest BCUT2D eigenvalue weighted by atomic mass is 9.83. The number of aliphatic carboxylic acids is 1. The highest BCUT2D eigenvalue weighted by atomic mass is 32.2. The van der Waals surface area contributed by atoms with Crippen molar-refractivity contribution in [3.8, 4) is 0 Å². The number of allylic oxidation sites excluding steroid dienone is 3. The van der Waals surface area contributed by atoms with Gasteiger partial charge in [-0.15, -0.1) is 18.3 Å². The third-order valence-corrected chi connectivity index (χ3v) is 8.85. The molecule has 234 valence electrons. The highest BCUT2D eigenvalue weighted by molar-refractivity contribution is 8.05. The average molecular weight is 579 g/mol. The minimum Gasteiger partial charge on any atom is -0.480 e. The molecule has 40 heavy (non-hydrogen) atoms. The number of carboxylic acid groups (broad SMARTS) is 1. The molecule has 0 amide bonds. The first-order valence-corrected chi connectivity index (χ1v) is 17.2. The molecule has 4 nitrogen and oxygen atoms in total. The van der Waals surface area contributed by atoms with Gasteiger partial charge in [-0.25, -0.2) is 0 Å². The van der Waals surface area contributed by atoms with Crippen LogP contribution >= 0.6 is 11.8 Å². The maximum Gasteiger partial charge on any atom is 0.321 e. The highest BCUT2D eigenvalue weighted by Crippen LogP contribution is 2.32. The normalized spacial score (nSPS) is 21.6. The van der Waals surface area contributed by atoms with Crippen LogP contribution in [0.4, 0.5) is 0 Å². The lowest BCUT2D eigenvalue weighted by molar-refractivity contribution is -0.145. The smallest absolute Gasteiger partial charge is 0.321 e. The predicted molar refractivity (Wildman–Crippen MR) is 180 cm³/mol. The van der Waals surface area contributed by atoms with Crippen molar-refractivity contribution in [2.45, 2.75) is 119 Å². The largest absolute Gasteiger partial charge is 0.480 e. The zero-order chi connectivity index (χ0) is 30.5. The summed E-state index contributed by atoms with van der Waals surface area (Å²) in [6.07, 6.45) is 15.0. The first kappa shape index (κ1) is 39.0. The molecule has 0 bridgehead atoms. The predicted octanol–water partition coefficient (Wildman–Crippen LogP) is 9.74. The maximum atomic E-state index is 11.9. The van der Waals surface area contributed by atoms with Crippen LogP contribution in [0.25, 0.3) is 0 Å². The standard InChI is InChI=1S/C19H34N2O2.C10H18S.C3H8.C3H6/c1-15-7-10-20(11-8-15)13-16-9-12-21(14-16)18(19(22)23)17-5-3-2-4-6-17;1-8(2)6-7-11-10(5)9(3)4;2*1-3-2/h15-18H,2-14H2,1H3,(H,22,23);6-9H,5H2,1-4H3;3H2,1-2H3;3H,1H2,2H3/b;7-6-;;/t16?,18-;;;/m1.../s1. The third kappa shape index (κ3) is 17.7. The van der Waals surface area contributed by atoms with Gasteiger partial charge in [0.1, 0.15) is 6.04 Å². The number of hydrogen-bond acceptors (Lipinski definition) is 4. The Labute approximate surface area is 254 Å². The average Bonchev–Trinajstić information content (AvgIpc) is 3.34. The Hall–Kier alpha value is -1.04. The Morgan fingerprint density at radius 2 is 1.55 bits per heavy atom. The van der Waals surface area contributed by atoms with Crippen molar-refractivity contribution in [3.05, 3.63) is 35.6 Å². The number of nitrogens with zero attached hydrogens (tertiary/aromatic N) is 2. The molecular formula is C35H66N2O2S. The number of piperidine rings is 1. The molecule has 0 aromatic rings. The van der Waals surface area contributed by atoms with Crippen LogP contribution in [-0.4, -0.2) is 59.6 Å². The molecule has 2 atom stereocenters. The molecule has 2 heterocycles. The van der Waals surface area contributed by atoms with Crippen LogP contribution in [0, 0.1) is 29.6 Å². The number of likely N-dealkylation sites (tertiary alicyclic amines) is 2. The quantitative estimate of drug-likeness (QED) is 0.276. The topological polar surface area (TPSA) is 43.8 Å². The van der Waals surface area contributed by atoms with Crippen LogP contribution in [0.3, 0.4) is 0 Å². The number of hydrogen-bond donors (Lipinski definition) is 1. The van der Waals surface area contributed by atoms with Crippen LogP contribution < -0.4 is 0 Å². The summed E-state index contributed by atoms with van der Waals surface area (Å²) < 4.78 is 0. The Kier molecular flexibility index (Phi) is 22.9. The molecule has 1 unspecified atom stereocenters. The van der Waals surface area contributed by atoms with E-state index in [9.17, 15) is 9.90 Å². The van der Waals surface area contributed by atoms with Gasteiger partial charge in [-0.2, -0.15) is 0 Å². The van der Waals surface area contributed by atoms with E-state index < -0.39 is 5.97 Å². The maximum absolute atomic E-state index is 11.9. The molecule has 1 saturated carbocycles. The van der Waals surface area contributed by atoms with E-state index in [1.54, 1.807) is 17.8 Å². The van der Waals surface area contributed by atoms with Crippen LogP contribution in [-0.2, 0) is 4.79 Å². The van der Waals surface area contributed by atoms with Crippen LogP contribution in [0.2, 0.25) is 0 Å². The molecule has 2 saturated heterocycles. The first-order chi connectivity index (χ1) is 19.0. The Morgan fingerprint density at radius 1 is 1.00 bits per heavy atom. The summed E-state index contributed by atoms with van der Waals surface area (Å²) in [6, 6.07) is -0.221. The second-order valence-electron chi connectivity index (χ2n) is 12.7. The fourth-order valence-electron chi connectivity index (χ4n) is 5.40. The minimum absolute atomic E-state index is 0.221. The summed E-state index contributed by atoms with van der Waals surface area (Å²) in [5.41, 5.74) is 0. The highest BCUT2D eigenvalue weighted by Gasteiger charge is 2.38. The number of thioether (sulfide) groups is 1. The van der Waals surface area contributed by atoms with Crippen molar-refractivity contribution in [3.63, 3.8) is 0 Å². The van der Waals surface area contributed by atoms with E-state index in [2.05, 4.69) is 82.9 Å². The van der Waals surface area contributed by atoms with Gasteiger partial charge in [0, 0.05) is 13.1 Å². The SMILES string of the molecule is C=C(S/C=C\C(C)C)C(C)C.C=CC.CC1CCN(CC2CCN([C@@H](C(=O)O)C3CCCCC3)C2)CC1.CCC. The van der Waals surface area contributed by atoms with Crippen LogP contribution in [0.5, 0.6) is 0 Å². The van der Waals surface area contributed by atoms with Gasteiger partial charge in [0.15, 0.2) is 0 Å². The van der Waals surface area contributed by atoms with Gasteiger partial charge in [-0.05, 0) is 98.6 Å². The minimum atomic E-state index is -0.579. The molecule has 3 fully saturated rings. The zero-order valence-electron chi connectivity index (χ0n) is 27.7. The van der Waals surface area contributed by atoms with E-state index in [-0.39, 0.29) is 6.04 Å². The van der Waals surface area contributed by atoms with Gasteiger partial charge < -0.3 is 10.0 Å². The Morgan fingerprint density at radius 3 is 2.02 bits per heavy atom. The summed E-state index contributed by atoms with van der Waals surface area (Å²) >= 11 is 1.74. The second kappa shape index (κ2) is 23.5. The summed E-state index contributed by atoms with van der Waals surface area (Å²) in [7, 11) is 0. The van der Waals surface area contributed by atoms with Crippen molar-refractivity contribution in [2.24, 2.45) is 29.6 Å². The van der Waals surface area contributed by atoms with Crippen molar-refractivity contribution in [2.75, 3.05) is 32.7 Å². The molecule has 0 aromatic carbocycles. The molecule has 1 aliphatic carbocycles. The zero-order valence-corrected chi connectivity index (χ0v) is 28.5. The van der Waals surface area contributed by atoms with E-state index in [1.807, 2.05) is 6.92 Å². The van der Waals surface area contributed by atoms with E-state index in [4.69, 9.17) is 0 Å². The lowest BCUT2D eigenvalue weighted by Gasteiger charge is -2.34. The third-order valence-electron chi connectivity index (χ3n) is 7.78. The monoisotopic (exact) mass is 578 g/mol. The van der Waals surface area contributed by atoms with Gasteiger partial charge in [0.05, 0.1) is 0 Å². The van der Waals surface area contributed by atoms with E-state index >= 15 is 0 Å². The molecule has 3 rings (SSSR count). The van der Waals surface area contributed by atoms with Crippen molar-refractivity contribution >= 4 is 17.7 Å². The van der Waals surface area contributed by atoms with E-state index in [1.165, 1.54) is 69.5 Å². The van der Waals surface area contributed by atoms with Crippen LogP contribution in [0.1, 0.15) is 113 Å². The Balaban J connectivity index is 0.000000750. The van der Waals surface area contributed by atoms with Gasteiger partial charge in [0.2, 0.25) is 0 Å². The second-order valence-corrected chi connectivity index (χ2v) is 13.8. The molecule has 0 aromatic heterocycles. The molecule has 2 aliphatic heterocycles. The first-order valence-electron chi connectivity index (χ1n) is 16.3. The summed E-state index contributed by atoms with van der Waals surface area (Å²) in [4.78, 5) is 18.0. The van der Waals surface area contributed by atoms with Crippen molar-refractivity contribution in [1.82, 2.24) is 9.80 Å². The number of carbonyl (C=O) groups is 1. The van der Waals surface area contributed by atoms with Gasteiger partial charge in [-0.1, -0.05) is 92.9 Å². The fourth-order valence-corrected chi connectivity index (χ4v) is 6.24. The number of rotatable bonds is 9. The summed E-state index contributed by atoms with van der Waals surface area (Å²) in [5, 5.41) is 11.9. The molecular weight excluding hydrogens is 512 g/mol. The van der Waals surface area contributed by atoms with Crippen molar-refractivity contribution in [1.29, 1.82) is 0 Å². The van der Waals surface area contributed by atoms with E-state index in [0.29, 0.717) is 23.7 Å². The molecule has 0 radical (unpaired) electrons. The molecule has 1 N–H and O–H groups in total. The summed E-state index contributed by atoms with van der Waals surface area (Å²) in [5.74, 6) is 2.59. The van der Waals surface area contributed by atoms with Gasteiger partial charge in [-0.3, -0.25) is 9.69 Å². The lowest BCUT2D eigenvalue weighted by Crippen LogP contribution is -2.46. The number of carboxylic acids is 1. The van der Waals surface area contributed by atoms with E-state index in [0.717, 1.165) is 31.8 Å². The Bertz CT molecular complexity index is 692.